The number of sulfonamides is 1. The molecule has 1 fully saturated rings. The van der Waals surface area contributed by atoms with Crippen LogP contribution in [-0.4, -0.2) is 48.1 Å². The van der Waals surface area contributed by atoms with Crippen LogP contribution >= 0.6 is 11.6 Å². The first kappa shape index (κ1) is 21.5. The van der Waals surface area contributed by atoms with Crippen LogP contribution in [0.4, 0.5) is 0 Å². The molecular formula is C22H23ClN4O3S. The molecule has 31 heavy (non-hydrogen) atoms. The average molecular weight is 459 g/mol. The third-order valence-corrected chi connectivity index (χ3v) is 7.23. The van der Waals surface area contributed by atoms with Gasteiger partial charge in [0.2, 0.25) is 10.0 Å². The lowest BCUT2D eigenvalue weighted by molar-refractivity contribution is 0.0711. The van der Waals surface area contributed by atoms with Crippen molar-refractivity contribution >= 4 is 27.5 Å². The Labute approximate surface area is 186 Å². The number of amides is 1. The van der Waals surface area contributed by atoms with Crippen molar-refractivity contribution in [3.8, 4) is 0 Å². The molecule has 0 radical (unpaired) electrons. The van der Waals surface area contributed by atoms with Crippen molar-refractivity contribution in [2.75, 3.05) is 13.1 Å². The van der Waals surface area contributed by atoms with Gasteiger partial charge in [-0.1, -0.05) is 48.0 Å². The highest BCUT2D eigenvalue weighted by Gasteiger charge is 2.27. The number of carbonyl (C=O) groups excluding carboxylic acids is 1. The first-order valence-corrected chi connectivity index (χ1v) is 11.9. The zero-order chi connectivity index (χ0) is 21.8. The van der Waals surface area contributed by atoms with Crippen molar-refractivity contribution < 1.29 is 13.2 Å². The van der Waals surface area contributed by atoms with Gasteiger partial charge in [0.05, 0.1) is 23.2 Å². The van der Waals surface area contributed by atoms with E-state index in [2.05, 4.69) is 9.82 Å². The molecule has 1 aliphatic heterocycles. The number of aromatic nitrogens is 2. The van der Waals surface area contributed by atoms with Gasteiger partial charge >= 0.3 is 0 Å². The van der Waals surface area contributed by atoms with Crippen LogP contribution in [0, 0.1) is 0 Å². The molecule has 7 nitrogen and oxygen atoms in total. The van der Waals surface area contributed by atoms with Crippen LogP contribution in [0.2, 0.25) is 5.02 Å². The topological polar surface area (TPSA) is 84.3 Å². The molecular weight excluding hydrogens is 436 g/mol. The van der Waals surface area contributed by atoms with Crippen molar-refractivity contribution in [3.63, 3.8) is 0 Å². The molecule has 0 unspecified atom stereocenters. The number of hydrogen-bond donors (Lipinski definition) is 1. The van der Waals surface area contributed by atoms with Gasteiger partial charge in [-0.2, -0.15) is 5.10 Å². The summed E-state index contributed by atoms with van der Waals surface area (Å²) in [6.45, 7) is 1.45. The maximum absolute atomic E-state index is 12.9. The summed E-state index contributed by atoms with van der Waals surface area (Å²) >= 11 is 6.20. The summed E-state index contributed by atoms with van der Waals surface area (Å²) in [5, 5.41) is 4.94. The number of hydrogen-bond acceptors (Lipinski definition) is 4. The largest absolute Gasteiger partial charge is 0.338 e. The Balaban J connectivity index is 1.34. The van der Waals surface area contributed by atoms with Gasteiger partial charge in [-0.05, 0) is 36.6 Å². The molecule has 2 heterocycles. The Kier molecular flexibility index (Phi) is 6.41. The van der Waals surface area contributed by atoms with Crippen molar-refractivity contribution in [3.05, 3.63) is 83.1 Å². The van der Waals surface area contributed by atoms with Crippen LogP contribution < -0.4 is 4.72 Å². The second kappa shape index (κ2) is 9.21. The summed E-state index contributed by atoms with van der Waals surface area (Å²) in [4.78, 5) is 14.8. The summed E-state index contributed by atoms with van der Waals surface area (Å²) in [5.41, 5.74) is 1.44. The number of halogens is 1. The van der Waals surface area contributed by atoms with Gasteiger partial charge in [0.1, 0.15) is 0 Å². The minimum Gasteiger partial charge on any atom is -0.338 e. The maximum atomic E-state index is 12.9. The predicted molar refractivity (Wildman–Crippen MR) is 118 cm³/mol. The smallest absolute Gasteiger partial charge is 0.257 e. The van der Waals surface area contributed by atoms with Gasteiger partial charge in [0.25, 0.3) is 5.91 Å². The summed E-state index contributed by atoms with van der Waals surface area (Å²) in [6, 6.07) is 15.6. The number of benzene rings is 2. The fraction of sp³-hybridized carbons (Fsp3) is 0.273. The van der Waals surface area contributed by atoms with Crippen LogP contribution in [0.5, 0.6) is 0 Å². The van der Waals surface area contributed by atoms with E-state index < -0.39 is 10.0 Å². The Bertz CT molecular complexity index is 1160. The number of rotatable bonds is 6. The van der Waals surface area contributed by atoms with Crippen LogP contribution in [-0.2, 0) is 16.6 Å². The number of nitrogens with zero attached hydrogens (tertiary/aromatic N) is 3. The van der Waals surface area contributed by atoms with Crippen molar-refractivity contribution in [2.24, 2.45) is 0 Å². The lowest BCUT2D eigenvalue weighted by atomic mass is 10.1. The number of carbonyl (C=O) groups is 1. The number of likely N-dealkylation sites (tertiary alicyclic amines) is 1. The third kappa shape index (κ3) is 5.15. The van der Waals surface area contributed by atoms with E-state index in [4.69, 9.17) is 11.6 Å². The summed E-state index contributed by atoms with van der Waals surface area (Å²) in [6.07, 6.45) is 4.40. The molecule has 1 N–H and O–H groups in total. The van der Waals surface area contributed by atoms with Gasteiger partial charge in [-0.25, -0.2) is 13.1 Å². The molecule has 4 rings (SSSR count). The Morgan fingerprint density at radius 1 is 1.06 bits per heavy atom. The third-order valence-electron chi connectivity index (χ3n) is 5.33. The lowest BCUT2D eigenvalue weighted by Crippen LogP contribution is -2.46. The van der Waals surface area contributed by atoms with E-state index in [-0.39, 0.29) is 16.8 Å². The predicted octanol–water partition coefficient (Wildman–Crippen LogP) is 3.17. The van der Waals surface area contributed by atoms with E-state index in [1.807, 2.05) is 24.3 Å². The summed E-state index contributed by atoms with van der Waals surface area (Å²) < 4.78 is 29.4. The first-order chi connectivity index (χ1) is 14.9. The summed E-state index contributed by atoms with van der Waals surface area (Å²) in [7, 11) is -3.56. The molecule has 0 bridgehead atoms. The van der Waals surface area contributed by atoms with E-state index >= 15 is 0 Å². The normalized spacial score (nSPS) is 15.2. The zero-order valence-corrected chi connectivity index (χ0v) is 18.4. The number of piperidine rings is 1. The Morgan fingerprint density at radius 3 is 2.45 bits per heavy atom. The van der Waals surface area contributed by atoms with Gasteiger partial charge in [-0.3, -0.25) is 9.48 Å². The fourth-order valence-electron chi connectivity index (χ4n) is 3.63. The fourth-order valence-corrected chi connectivity index (χ4v) is 5.15. The molecule has 3 aromatic rings. The molecule has 2 aromatic carbocycles. The highest BCUT2D eigenvalue weighted by Crippen LogP contribution is 2.18. The van der Waals surface area contributed by atoms with E-state index in [0.29, 0.717) is 43.1 Å². The molecule has 1 amide bonds. The van der Waals surface area contributed by atoms with Crippen LogP contribution in [0.1, 0.15) is 28.8 Å². The van der Waals surface area contributed by atoms with Crippen LogP contribution in [0.25, 0.3) is 0 Å². The van der Waals surface area contributed by atoms with E-state index in [1.54, 1.807) is 52.3 Å². The highest BCUT2D eigenvalue weighted by molar-refractivity contribution is 7.89. The molecule has 0 saturated carbocycles. The van der Waals surface area contributed by atoms with Crippen molar-refractivity contribution in [2.45, 2.75) is 30.3 Å². The van der Waals surface area contributed by atoms with E-state index in [9.17, 15) is 13.2 Å². The quantitative estimate of drug-likeness (QED) is 0.615. The standard InChI is InChI=1S/C22H23ClN4O3S/c23-21-9-5-4-6-17(21)15-27-16-18(14-24-27)22(28)26-12-10-19(11-13-26)25-31(29,30)20-7-2-1-3-8-20/h1-9,14,16,19,25H,10-13,15H2. The molecule has 0 spiro atoms. The monoisotopic (exact) mass is 458 g/mol. The molecule has 1 aliphatic rings. The molecule has 162 valence electrons. The number of nitrogens with one attached hydrogen (secondary N) is 1. The average Bonchev–Trinajstić information content (AvgIpc) is 3.24. The first-order valence-electron chi connectivity index (χ1n) is 10.0. The van der Waals surface area contributed by atoms with Gasteiger partial charge in [-0.15, -0.1) is 0 Å². The maximum Gasteiger partial charge on any atom is 0.257 e. The minimum absolute atomic E-state index is 0.102. The van der Waals surface area contributed by atoms with Gasteiger partial charge in [0, 0.05) is 30.4 Å². The Morgan fingerprint density at radius 2 is 1.74 bits per heavy atom. The van der Waals surface area contributed by atoms with Crippen LogP contribution in [0.3, 0.4) is 0 Å². The Hall–Kier alpha value is -2.68. The van der Waals surface area contributed by atoms with Gasteiger partial charge in [0.15, 0.2) is 0 Å². The van der Waals surface area contributed by atoms with E-state index in [1.165, 1.54) is 0 Å². The van der Waals surface area contributed by atoms with E-state index in [0.717, 1.165) is 5.56 Å². The van der Waals surface area contributed by atoms with Crippen molar-refractivity contribution in [1.29, 1.82) is 0 Å². The second-order valence-corrected chi connectivity index (χ2v) is 9.64. The zero-order valence-electron chi connectivity index (χ0n) is 16.8. The van der Waals surface area contributed by atoms with Crippen LogP contribution in [0.15, 0.2) is 71.9 Å². The molecule has 1 saturated heterocycles. The minimum atomic E-state index is -3.56. The highest BCUT2D eigenvalue weighted by atomic mass is 35.5. The SMILES string of the molecule is O=C(c1cnn(Cc2ccccc2Cl)c1)N1CCC(NS(=O)(=O)c2ccccc2)CC1. The molecule has 0 aliphatic carbocycles. The molecule has 9 heteroatoms. The second-order valence-electron chi connectivity index (χ2n) is 7.52. The lowest BCUT2D eigenvalue weighted by Gasteiger charge is -2.32. The summed E-state index contributed by atoms with van der Waals surface area (Å²) in [5.74, 6) is -0.102. The molecule has 0 atom stereocenters. The van der Waals surface area contributed by atoms with Crippen molar-refractivity contribution in [1.82, 2.24) is 19.4 Å². The molecule has 1 aromatic heterocycles. The van der Waals surface area contributed by atoms with Gasteiger partial charge < -0.3 is 4.90 Å².